The average Bonchev–Trinajstić information content (AvgIpc) is 2.16. The second-order valence-corrected chi connectivity index (χ2v) is 3.66. The van der Waals surface area contributed by atoms with E-state index in [9.17, 15) is 9.59 Å². The summed E-state index contributed by atoms with van der Waals surface area (Å²) >= 11 is 0. The number of hydrogen-bond acceptors (Lipinski definition) is 4. The van der Waals surface area contributed by atoms with Gasteiger partial charge in [-0.2, -0.15) is 0 Å². The Balaban J connectivity index is 2.48. The quantitative estimate of drug-likeness (QED) is 0.633. The van der Waals surface area contributed by atoms with Crippen LogP contribution in [0.5, 0.6) is 0 Å². The predicted molar refractivity (Wildman–Crippen MR) is 52.2 cm³/mol. The van der Waals surface area contributed by atoms with Crippen molar-refractivity contribution in [3.05, 3.63) is 0 Å². The molecule has 0 aromatic carbocycles. The van der Waals surface area contributed by atoms with E-state index < -0.39 is 18.1 Å². The van der Waals surface area contributed by atoms with Crippen LogP contribution < -0.4 is 5.73 Å². The van der Waals surface area contributed by atoms with Gasteiger partial charge in [-0.25, -0.2) is 0 Å². The molecule has 0 saturated carbocycles. The van der Waals surface area contributed by atoms with Crippen molar-refractivity contribution in [1.82, 2.24) is 4.90 Å². The summed E-state index contributed by atoms with van der Waals surface area (Å²) in [5.41, 5.74) is 5.47. The molecule has 1 saturated heterocycles. The van der Waals surface area contributed by atoms with E-state index in [1.165, 1.54) is 0 Å². The Morgan fingerprint density at radius 2 is 2.33 bits per heavy atom. The number of ether oxygens (including phenoxy) is 1. The van der Waals surface area contributed by atoms with Crippen molar-refractivity contribution in [2.45, 2.75) is 25.5 Å². The lowest BCUT2D eigenvalue weighted by molar-refractivity contribution is -0.148. The van der Waals surface area contributed by atoms with E-state index in [2.05, 4.69) is 0 Å². The molecule has 15 heavy (non-hydrogen) atoms. The highest BCUT2D eigenvalue weighted by Gasteiger charge is 2.27. The van der Waals surface area contributed by atoms with Crippen molar-refractivity contribution in [2.24, 2.45) is 5.73 Å². The zero-order valence-corrected chi connectivity index (χ0v) is 8.68. The number of carboxylic acids is 1. The van der Waals surface area contributed by atoms with Crippen LogP contribution in [0.4, 0.5) is 0 Å². The molecule has 1 aliphatic heterocycles. The molecule has 1 heterocycles. The highest BCUT2D eigenvalue weighted by molar-refractivity contribution is 5.81. The van der Waals surface area contributed by atoms with Gasteiger partial charge in [-0.3, -0.25) is 9.59 Å². The summed E-state index contributed by atoms with van der Waals surface area (Å²) in [4.78, 5) is 23.6. The smallest absolute Gasteiger partial charge is 0.306 e. The molecule has 1 aliphatic rings. The standard InChI is InChI=1S/C9H16N2O4/c1-6(10)9(14)11-2-3-15-7(5-11)4-8(12)13/h6-7H,2-5,10H2,1H3,(H,12,13). The van der Waals surface area contributed by atoms with Gasteiger partial charge < -0.3 is 20.5 Å². The van der Waals surface area contributed by atoms with Crippen LogP contribution >= 0.6 is 0 Å². The van der Waals surface area contributed by atoms with Crippen LogP contribution in [0.15, 0.2) is 0 Å². The summed E-state index contributed by atoms with van der Waals surface area (Å²) in [6.07, 6.45) is -0.498. The van der Waals surface area contributed by atoms with Crippen molar-refractivity contribution in [3.8, 4) is 0 Å². The highest BCUT2D eigenvalue weighted by Crippen LogP contribution is 2.09. The summed E-state index contributed by atoms with van der Waals surface area (Å²) in [6.45, 7) is 2.78. The van der Waals surface area contributed by atoms with Crippen molar-refractivity contribution in [2.75, 3.05) is 19.7 Å². The molecule has 1 fully saturated rings. The van der Waals surface area contributed by atoms with Gasteiger partial charge in [0.1, 0.15) is 0 Å². The van der Waals surface area contributed by atoms with E-state index in [0.717, 1.165) is 0 Å². The lowest BCUT2D eigenvalue weighted by Crippen LogP contribution is -2.50. The summed E-state index contributed by atoms with van der Waals surface area (Å²) < 4.78 is 5.23. The third-order valence-corrected chi connectivity index (χ3v) is 2.24. The van der Waals surface area contributed by atoms with Gasteiger partial charge in [0.15, 0.2) is 0 Å². The summed E-state index contributed by atoms with van der Waals surface area (Å²) in [5.74, 6) is -1.08. The molecule has 0 spiro atoms. The molecule has 0 aromatic heterocycles. The third kappa shape index (κ3) is 3.49. The number of carbonyl (C=O) groups excluding carboxylic acids is 1. The molecule has 0 radical (unpaired) electrons. The van der Waals surface area contributed by atoms with Crippen LogP contribution in [0.2, 0.25) is 0 Å². The van der Waals surface area contributed by atoms with Gasteiger partial charge >= 0.3 is 5.97 Å². The fourth-order valence-electron chi connectivity index (χ4n) is 1.53. The number of nitrogens with zero attached hydrogens (tertiary/aromatic N) is 1. The first kappa shape index (κ1) is 11.9. The van der Waals surface area contributed by atoms with Gasteiger partial charge in [0, 0.05) is 13.1 Å². The van der Waals surface area contributed by atoms with Gasteiger partial charge in [-0.05, 0) is 6.92 Å². The molecular formula is C9H16N2O4. The third-order valence-electron chi connectivity index (χ3n) is 2.24. The second kappa shape index (κ2) is 5.09. The Kier molecular flexibility index (Phi) is 4.05. The Labute approximate surface area is 88.0 Å². The first-order chi connectivity index (χ1) is 7.00. The largest absolute Gasteiger partial charge is 0.481 e. The SMILES string of the molecule is CC(N)C(=O)N1CCOC(CC(=O)O)C1. The minimum atomic E-state index is -0.921. The van der Waals surface area contributed by atoms with E-state index in [1.54, 1.807) is 11.8 Å². The monoisotopic (exact) mass is 216 g/mol. The molecule has 1 rings (SSSR count). The zero-order chi connectivity index (χ0) is 11.4. The minimum Gasteiger partial charge on any atom is -0.481 e. The number of morpholine rings is 1. The average molecular weight is 216 g/mol. The fraction of sp³-hybridized carbons (Fsp3) is 0.778. The molecule has 0 bridgehead atoms. The van der Waals surface area contributed by atoms with Gasteiger partial charge in [0.2, 0.25) is 5.91 Å². The molecule has 0 aliphatic carbocycles. The van der Waals surface area contributed by atoms with Crippen LogP contribution in [0.25, 0.3) is 0 Å². The van der Waals surface area contributed by atoms with E-state index >= 15 is 0 Å². The van der Waals surface area contributed by atoms with Gasteiger partial charge in [-0.1, -0.05) is 0 Å². The maximum atomic E-state index is 11.5. The number of amides is 1. The number of carbonyl (C=O) groups is 2. The normalized spacial score (nSPS) is 23.6. The Morgan fingerprint density at radius 3 is 2.87 bits per heavy atom. The maximum absolute atomic E-state index is 11.5. The minimum absolute atomic E-state index is 0.0806. The molecule has 2 atom stereocenters. The van der Waals surface area contributed by atoms with Gasteiger partial charge in [0.05, 0.1) is 25.2 Å². The van der Waals surface area contributed by atoms with Crippen LogP contribution in [-0.4, -0.2) is 53.7 Å². The number of rotatable bonds is 3. The van der Waals surface area contributed by atoms with E-state index in [0.29, 0.717) is 19.7 Å². The summed E-state index contributed by atoms with van der Waals surface area (Å²) in [7, 11) is 0. The lowest BCUT2D eigenvalue weighted by Gasteiger charge is -2.33. The van der Waals surface area contributed by atoms with E-state index in [4.69, 9.17) is 15.6 Å². The van der Waals surface area contributed by atoms with Gasteiger partial charge in [-0.15, -0.1) is 0 Å². The van der Waals surface area contributed by atoms with Crippen molar-refractivity contribution >= 4 is 11.9 Å². The number of aliphatic carboxylic acids is 1. The Bertz CT molecular complexity index is 254. The first-order valence-corrected chi connectivity index (χ1v) is 4.88. The molecule has 0 aromatic rings. The van der Waals surface area contributed by atoms with Crippen molar-refractivity contribution in [1.29, 1.82) is 0 Å². The van der Waals surface area contributed by atoms with Crippen LogP contribution in [-0.2, 0) is 14.3 Å². The number of hydrogen-bond donors (Lipinski definition) is 2. The number of carboxylic acid groups (broad SMARTS) is 1. The van der Waals surface area contributed by atoms with Crippen molar-refractivity contribution in [3.63, 3.8) is 0 Å². The fourth-order valence-corrected chi connectivity index (χ4v) is 1.53. The summed E-state index contributed by atoms with van der Waals surface area (Å²) in [6, 6.07) is -0.548. The van der Waals surface area contributed by atoms with E-state index in [-0.39, 0.29) is 12.3 Å². The second-order valence-electron chi connectivity index (χ2n) is 3.66. The van der Waals surface area contributed by atoms with Crippen LogP contribution in [0, 0.1) is 0 Å². The van der Waals surface area contributed by atoms with Crippen LogP contribution in [0.3, 0.4) is 0 Å². The molecule has 1 amide bonds. The Morgan fingerprint density at radius 1 is 1.67 bits per heavy atom. The molecule has 3 N–H and O–H groups in total. The molecule has 6 heteroatoms. The molecule has 6 nitrogen and oxygen atoms in total. The van der Waals surface area contributed by atoms with Crippen LogP contribution in [0.1, 0.15) is 13.3 Å². The molecule has 86 valence electrons. The first-order valence-electron chi connectivity index (χ1n) is 4.88. The van der Waals surface area contributed by atoms with Gasteiger partial charge in [0.25, 0.3) is 0 Å². The molecular weight excluding hydrogens is 200 g/mol. The number of nitrogens with two attached hydrogens (primary N) is 1. The topological polar surface area (TPSA) is 92.9 Å². The molecule has 2 unspecified atom stereocenters. The summed E-state index contributed by atoms with van der Waals surface area (Å²) in [5, 5.41) is 8.59. The van der Waals surface area contributed by atoms with Crippen molar-refractivity contribution < 1.29 is 19.4 Å². The predicted octanol–water partition coefficient (Wildman–Crippen LogP) is -0.964. The Hall–Kier alpha value is -1.14. The maximum Gasteiger partial charge on any atom is 0.306 e. The zero-order valence-electron chi connectivity index (χ0n) is 8.68. The lowest BCUT2D eigenvalue weighted by atomic mass is 10.2. The van der Waals surface area contributed by atoms with E-state index in [1.807, 2.05) is 0 Å². The highest BCUT2D eigenvalue weighted by atomic mass is 16.5.